The first-order valence-corrected chi connectivity index (χ1v) is 29.4. The van der Waals surface area contributed by atoms with Crippen LogP contribution in [0.15, 0.2) is 24.3 Å². The molecule has 1 aliphatic carbocycles. The van der Waals surface area contributed by atoms with Crippen molar-refractivity contribution in [1.29, 1.82) is 0 Å². The Bertz CT molecular complexity index is 1260. The minimum Gasteiger partial charge on any atom is -0.393 e. The molecule has 8 atom stereocenters. The molecule has 1 fully saturated rings. The second kappa shape index (κ2) is 43.4. The average Bonchev–Trinajstić information content (AvgIpc) is 3.31. The third-order valence-corrected chi connectivity index (χ3v) is 14.5. The van der Waals surface area contributed by atoms with Gasteiger partial charge in [-0.25, -0.2) is 4.57 Å². The van der Waals surface area contributed by atoms with Crippen LogP contribution in [0.3, 0.4) is 0 Å². The zero-order chi connectivity index (χ0) is 50.1. The minimum atomic E-state index is -5.15. The smallest absolute Gasteiger partial charge is 0.393 e. The number of phosphoric ester groups is 1. The molecule has 0 saturated heterocycles. The van der Waals surface area contributed by atoms with Gasteiger partial charge in [0.1, 0.15) is 36.6 Å². The van der Waals surface area contributed by atoms with E-state index in [-0.39, 0.29) is 6.42 Å². The molecule has 0 heterocycles. The Morgan fingerprint density at radius 2 is 0.853 bits per heavy atom. The second-order valence-corrected chi connectivity index (χ2v) is 21.4. The topological polar surface area (TPSA) is 226 Å². The van der Waals surface area contributed by atoms with Gasteiger partial charge in [0.05, 0.1) is 31.3 Å². The lowest BCUT2D eigenvalue weighted by atomic mass is 9.85. The molecule has 0 aliphatic heterocycles. The molecular weight excluding hydrogens is 886 g/mol. The van der Waals surface area contributed by atoms with Crippen LogP contribution >= 0.6 is 7.82 Å². The molecule has 13 nitrogen and oxygen atoms in total. The van der Waals surface area contributed by atoms with E-state index in [1.54, 1.807) is 6.08 Å². The number of allylic oxidation sites excluding steroid dienone is 3. The fourth-order valence-corrected chi connectivity index (χ4v) is 9.97. The van der Waals surface area contributed by atoms with Gasteiger partial charge in [0.25, 0.3) is 0 Å². The highest BCUT2D eigenvalue weighted by Gasteiger charge is 2.51. The number of nitrogens with one attached hydrogen (secondary N) is 1. The van der Waals surface area contributed by atoms with Gasteiger partial charge in [0, 0.05) is 0 Å². The van der Waals surface area contributed by atoms with Crippen LogP contribution in [0.1, 0.15) is 251 Å². The molecule has 402 valence electrons. The second-order valence-electron chi connectivity index (χ2n) is 20.0. The highest BCUT2D eigenvalue weighted by Crippen LogP contribution is 2.47. The largest absolute Gasteiger partial charge is 0.472 e. The molecule has 8 unspecified atom stereocenters. The zero-order valence-corrected chi connectivity index (χ0v) is 43.9. The zero-order valence-electron chi connectivity index (χ0n) is 43.0. The maximum atomic E-state index is 13.1. The number of hydrogen-bond donors (Lipinski definition) is 9. The summed E-state index contributed by atoms with van der Waals surface area (Å²) < 4.78 is 23.0. The Morgan fingerprint density at radius 1 is 0.515 bits per heavy atom. The molecular formula is C54H104NO12P. The van der Waals surface area contributed by atoms with Crippen molar-refractivity contribution in [3.8, 4) is 0 Å². The van der Waals surface area contributed by atoms with E-state index < -0.39 is 75.2 Å². The Balaban J connectivity index is 2.43. The summed E-state index contributed by atoms with van der Waals surface area (Å²) >= 11 is 0. The van der Waals surface area contributed by atoms with Crippen LogP contribution in [-0.4, -0.2) is 108 Å². The van der Waals surface area contributed by atoms with E-state index in [1.165, 1.54) is 160 Å². The standard InChI is InChI=1S/C54H104NO12P/c1-3-5-7-9-11-13-15-17-19-21-22-23-24-26-27-29-31-33-35-37-39-41-45(56)43-48(58)55-46(44-66-68(64,65)67-54-52(62)50(60)49(59)51(61)53(54)63)47(57)42-40-38-36-34-32-30-28-25-20-18-16-14-12-10-8-6-4-2/h26-27,40,42,45-47,49-54,56-57,59-63H,3-25,28-39,41,43-44H2,1-2H3,(H,55,58)(H,64,65)/b27-26-,42-40+. The van der Waals surface area contributed by atoms with Crippen molar-refractivity contribution >= 4 is 13.7 Å². The number of phosphoric acid groups is 1. The first-order valence-electron chi connectivity index (χ1n) is 27.9. The molecule has 0 aromatic rings. The third-order valence-electron chi connectivity index (χ3n) is 13.5. The van der Waals surface area contributed by atoms with Gasteiger partial charge in [-0.3, -0.25) is 13.8 Å². The summed E-state index contributed by atoms with van der Waals surface area (Å²) in [7, 11) is -5.15. The number of carbonyl (C=O) groups excluding carboxylic acids is 1. The van der Waals surface area contributed by atoms with Crippen LogP contribution in [0.25, 0.3) is 0 Å². The normalized spacial score (nSPS) is 22.2. The van der Waals surface area contributed by atoms with Crippen molar-refractivity contribution in [2.24, 2.45) is 0 Å². The highest BCUT2D eigenvalue weighted by molar-refractivity contribution is 7.47. The lowest BCUT2D eigenvalue weighted by Crippen LogP contribution is -2.64. The molecule has 0 bridgehead atoms. The van der Waals surface area contributed by atoms with E-state index >= 15 is 0 Å². The first kappa shape index (κ1) is 64.8. The lowest BCUT2D eigenvalue weighted by molar-refractivity contribution is -0.220. The predicted molar refractivity (Wildman–Crippen MR) is 275 cm³/mol. The van der Waals surface area contributed by atoms with Gasteiger partial charge < -0.3 is 46.0 Å². The van der Waals surface area contributed by atoms with Gasteiger partial charge >= 0.3 is 7.82 Å². The van der Waals surface area contributed by atoms with E-state index in [9.17, 15) is 50.0 Å². The Labute approximate surface area is 414 Å². The summed E-state index contributed by atoms with van der Waals surface area (Å²) in [5, 5.41) is 74.8. The number of carbonyl (C=O) groups is 1. The number of aliphatic hydroxyl groups is 7. The molecule has 0 spiro atoms. The number of hydrogen-bond acceptors (Lipinski definition) is 11. The minimum absolute atomic E-state index is 0.248. The van der Waals surface area contributed by atoms with Crippen molar-refractivity contribution in [2.75, 3.05) is 6.61 Å². The summed E-state index contributed by atoms with van der Waals surface area (Å²) in [6.07, 6.45) is 36.9. The van der Waals surface area contributed by atoms with Gasteiger partial charge in [-0.2, -0.15) is 0 Å². The van der Waals surface area contributed by atoms with E-state index in [0.29, 0.717) is 12.8 Å². The first-order chi connectivity index (χ1) is 32.8. The molecule has 68 heavy (non-hydrogen) atoms. The molecule has 0 aromatic carbocycles. The van der Waals surface area contributed by atoms with Crippen molar-refractivity contribution < 1.29 is 59.0 Å². The molecule has 1 amide bonds. The number of aliphatic hydroxyl groups excluding tert-OH is 7. The van der Waals surface area contributed by atoms with Crippen LogP contribution in [0.2, 0.25) is 0 Å². The maximum absolute atomic E-state index is 13.1. The van der Waals surface area contributed by atoms with Crippen LogP contribution in [-0.2, 0) is 18.4 Å². The molecule has 1 aliphatic rings. The van der Waals surface area contributed by atoms with Crippen molar-refractivity contribution in [3.63, 3.8) is 0 Å². The molecule has 0 radical (unpaired) electrons. The molecule has 0 aromatic heterocycles. The summed E-state index contributed by atoms with van der Waals surface area (Å²) in [4.78, 5) is 23.6. The maximum Gasteiger partial charge on any atom is 0.472 e. The molecule has 1 saturated carbocycles. The Morgan fingerprint density at radius 3 is 1.25 bits per heavy atom. The van der Waals surface area contributed by atoms with Gasteiger partial charge in [0.2, 0.25) is 5.91 Å². The quantitative estimate of drug-likeness (QED) is 0.0158. The molecule has 1 rings (SSSR count). The summed E-state index contributed by atoms with van der Waals surface area (Å²) in [6.45, 7) is 3.78. The summed E-state index contributed by atoms with van der Waals surface area (Å²) in [5.74, 6) is -0.594. The van der Waals surface area contributed by atoms with Crippen LogP contribution in [0, 0.1) is 0 Å². The van der Waals surface area contributed by atoms with E-state index in [0.717, 1.165) is 64.2 Å². The van der Waals surface area contributed by atoms with Gasteiger partial charge in [-0.05, 0) is 44.9 Å². The molecule has 14 heteroatoms. The van der Waals surface area contributed by atoms with E-state index in [2.05, 4.69) is 31.3 Å². The van der Waals surface area contributed by atoms with Crippen LogP contribution in [0.5, 0.6) is 0 Å². The number of amides is 1. The SMILES string of the molecule is CCCCCCCCCCCCCC/C=C\CCCCCCCC(O)CC(=O)NC(COP(=O)(O)OC1C(O)C(O)C(O)C(O)C1O)C(O)/C=C/CCCCCCCCCCCCCCCCC. The fourth-order valence-electron chi connectivity index (χ4n) is 9.00. The van der Waals surface area contributed by atoms with Crippen molar-refractivity contribution in [1.82, 2.24) is 5.32 Å². The Hall–Kier alpha value is -1.22. The van der Waals surface area contributed by atoms with E-state index in [4.69, 9.17) is 9.05 Å². The van der Waals surface area contributed by atoms with Gasteiger partial charge in [0.15, 0.2) is 0 Å². The molecule has 9 N–H and O–H groups in total. The van der Waals surface area contributed by atoms with Crippen LogP contribution < -0.4 is 5.32 Å². The average molecular weight is 990 g/mol. The Kier molecular flexibility index (Phi) is 41.3. The summed E-state index contributed by atoms with van der Waals surface area (Å²) in [5.41, 5.74) is 0. The fraction of sp³-hybridized carbons (Fsp3) is 0.907. The number of rotatable bonds is 47. The lowest BCUT2D eigenvalue weighted by Gasteiger charge is -2.41. The van der Waals surface area contributed by atoms with Crippen molar-refractivity contribution in [2.45, 2.75) is 306 Å². The predicted octanol–water partition coefficient (Wildman–Crippen LogP) is 11.1. The van der Waals surface area contributed by atoms with Gasteiger partial charge in [-0.1, -0.05) is 224 Å². The third kappa shape index (κ3) is 34.2. The highest BCUT2D eigenvalue weighted by atomic mass is 31.2. The van der Waals surface area contributed by atoms with E-state index in [1.807, 2.05) is 0 Å². The summed E-state index contributed by atoms with van der Waals surface area (Å²) in [6, 6.07) is -1.24. The van der Waals surface area contributed by atoms with Crippen molar-refractivity contribution in [3.05, 3.63) is 24.3 Å². The monoisotopic (exact) mass is 990 g/mol. The van der Waals surface area contributed by atoms with Gasteiger partial charge in [-0.15, -0.1) is 0 Å². The number of unbranched alkanes of at least 4 members (excludes halogenated alkanes) is 32. The van der Waals surface area contributed by atoms with Crippen LogP contribution in [0.4, 0.5) is 0 Å².